The van der Waals surface area contributed by atoms with Gasteiger partial charge in [-0.25, -0.2) is 0 Å². The van der Waals surface area contributed by atoms with Crippen molar-refractivity contribution < 1.29 is 13.6 Å². The molecule has 0 fully saturated rings. The first-order chi connectivity index (χ1) is 6.10. The van der Waals surface area contributed by atoms with E-state index in [9.17, 15) is 4.57 Å². The van der Waals surface area contributed by atoms with Gasteiger partial charge in [0.05, 0.1) is 13.2 Å². The van der Waals surface area contributed by atoms with Gasteiger partial charge in [-0.3, -0.25) is 4.57 Å². The van der Waals surface area contributed by atoms with Crippen LogP contribution in [-0.2, 0) is 13.6 Å². The summed E-state index contributed by atoms with van der Waals surface area (Å²) in [6, 6.07) is 0. The van der Waals surface area contributed by atoms with Crippen LogP contribution in [0.3, 0.4) is 0 Å². The first-order valence-electron chi connectivity index (χ1n) is 4.36. The fourth-order valence-electron chi connectivity index (χ4n) is 0.888. The van der Waals surface area contributed by atoms with Crippen LogP contribution in [0.15, 0.2) is 12.7 Å². The van der Waals surface area contributed by atoms with Crippen LogP contribution in [-0.4, -0.2) is 19.0 Å². The van der Waals surface area contributed by atoms with Crippen LogP contribution in [0.25, 0.3) is 0 Å². The highest BCUT2D eigenvalue weighted by molar-refractivity contribution is 7.54. The maximum atomic E-state index is 11.9. The summed E-state index contributed by atoms with van der Waals surface area (Å²) in [6.07, 6.45) is 2.03. The van der Waals surface area contributed by atoms with E-state index in [1.165, 1.54) is 0 Å². The van der Waals surface area contributed by atoms with Crippen molar-refractivity contribution in [2.24, 2.45) is 5.73 Å². The van der Waals surface area contributed by atoms with E-state index >= 15 is 0 Å². The molecular weight excluding hydrogens is 189 g/mol. The van der Waals surface area contributed by atoms with Crippen LogP contribution < -0.4 is 5.73 Å². The van der Waals surface area contributed by atoms with E-state index in [0.717, 1.165) is 0 Å². The second-order valence-electron chi connectivity index (χ2n) is 2.47. The average molecular weight is 207 g/mol. The molecule has 0 amide bonds. The van der Waals surface area contributed by atoms with Gasteiger partial charge < -0.3 is 14.8 Å². The highest BCUT2D eigenvalue weighted by Crippen LogP contribution is 2.51. The van der Waals surface area contributed by atoms with Gasteiger partial charge in [-0.15, -0.1) is 6.58 Å². The summed E-state index contributed by atoms with van der Waals surface area (Å²) in [6.45, 7) is 7.71. The lowest BCUT2D eigenvalue weighted by Gasteiger charge is -2.21. The summed E-state index contributed by atoms with van der Waals surface area (Å²) in [4.78, 5) is 0. The van der Waals surface area contributed by atoms with Crippen LogP contribution in [0, 0.1) is 0 Å². The Labute approximate surface area is 79.6 Å². The quantitative estimate of drug-likeness (QED) is 0.513. The molecule has 0 aromatic heterocycles. The van der Waals surface area contributed by atoms with Crippen molar-refractivity contribution in [1.29, 1.82) is 0 Å². The Hall–Kier alpha value is -0.150. The first-order valence-corrected chi connectivity index (χ1v) is 5.97. The molecule has 13 heavy (non-hydrogen) atoms. The van der Waals surface area contributed by atoms with Crippen LogP contribution in [0.1, 0.15) is 20.3 Å². The molecular formula is C8H18NO3P. The zero-order chi connectivity index (χ0) is 10.3. The number of hydrogen-bond acceptors (Lipinski definition) is 4. The van der Waals surface area contributed by atoms with Gasteiger partial charge in [0.1, 0.15) is 5.78 Å². The van der Waals surface area contributed by atoms with Crippen molar-refractivity contribution >= 4 is 7.60 Å². The van der Waals surface area contributed by atoms with Crippen molar-refractivity contribution in [1.82, 2.24) is 0 Å². The minimum Gasteiger partial charge on any atom is -0.317 e. The normalized spacial score (nSPS) is 14.1. The molecule has 0 saturated carbocycles. The van der Waals surface area contributed by atoms with E-state index < -0.39 is 13.4 Å². The Morgan fingerprint density at radius 1 is 1.46 bits per heavy atom. The standard InChI is InChI=1S/C8H18NO3P/c1-4-7-8(9)13(10,11-5-2)12-6-3/h4,8H,1,5-7,9H2,2-3H3/t8-/m1/s1. The fourth-order valence-corrected chi connectivity index (χ4v) is 2.47. The van der Waals surface area contributed by atoms with E-state index in [0.29, 0.717) is 19.6 Å². The largest absolute Gasteiger partial charge is 0.347 e. The highest BCUT2D eigenvalue weighted by atomic mass is 31.2. The predicted molar refractivity (Wildman–Crippen MR) is 53.6 cm³/mol. The van der Waals surface area contributed by atoms with E-state index in [4.69, 9.17) is 14.8 Å². The maximum absolute atomic E-state index is 11.9. The molecule has 0 aromatic rings. The molecule has 1 atom stereocenters. The minimum atomic E-state index is -3.12. The Morgan fingerprint density at radius 2 is 1.92 bits per heavy atom. The van der Waals surface area contributed by atoms with Gasteiger partial charge in [0.25, 0.3) is 0 Å². The Balaban J connectivity index is 4.36. The predicted octanol–water partition coefficient (Wildman–Crippen LogP) is 2.11. The van der Waals surface area contributed by atoms with Crippen LogP contribution in [0.2, 0.25) is 0 Å². The molecule has 0 bridgehead atoms. The molecule has 0 saturated heterocycles. The molecule has 5 heteroatoms. The Morgan fingerprint density at radius 3 is 2.23 bits per heavy atom. The monoisotopic (exact) mass is 207 g/mol. The van der Waals surface area contributed by atoms with Gasteiger partial charge in [0, 0.05) is 0 Å². The van der Waals surface area contributed by atoms with Gasteiger partial charge in [0.2, 0.25) is 0 Å². The number of hydrogen-bond donors (Lipinski definition) is 1. The first kappa shape index (κ1) is 12.8. The van der Waals surface area contributed by atoms with E-state index in [-0.39, 0.29) is 0 Å². The zero-order valence-electron chi connectivity index (χ0n) is 8.23. The maximum Gasteiger partial charge on any atom is 0.347 e. The average Bonchev–Trinajstić information content (AvgIpc) is 2.05. The summed E-state index contributed by atoms with van der Waals surface area (Å²) < 4.78 is 22.0. The van der Waals surface area contributed by atoms with Crippen LogP contribution >= 0.6 is 7.60 Å². The third kappa shape index (κ3) is 4.05. The number of nitrogens with two attached hydrogens (primary N) is 1. The lowest BCUT2D eigenvalue weighted by molar-refractivity contribution is 0.212. The van der Waals surface area contributed by atoms with Gasteiger partial charge in [-0.2, -0.15) is 0 Å². The molecule has 2 N–H and O–H groups in total. The smallest absolute Gasteiger partial charge is 0.317 e. The highest BCUT2D eigenvalue weighted by Gasteiger charge is 2.31. The molecule has 0 radical (unpaired) electrons. The molecule has 0 rings (SSSR count). The Bertz CT molecular complexity index is 186. The van der Waals surface area contributed by atoms with Gasteiger partial charge in [-0.05, 0) is 20.3 Å². The van der Waals surface area contributed by atoms with Crippen LogP contribution in [0.4, 0.5) is 0 Å². The van der Waals surface area contributed by atoms with Crippen molar-refractivity contribution in [2.45, 2.75) is 26.1 Å². The summed E-state index contributed by atoms with van der Waals surface area (Å²) in [5.74, 6) is -0.607. The van der Waals surface area contributed by atoms with Crippen LogP contribution in [0.5, 0.6) is 0 Å². The second-order valence-corrected chi connectivity index (χ2v) is 4.73. The fraction of sp³-hybridized carbons (Fsp3) is 0.750. The third-order valence-electron chi connectivity index (χ3n) is 1.43. The second kappa shape index (κ2) is 6.33. The van der Waals surface area contributed by atoms with E-state index in [1.807, 2.05) is 0 Å². The van der Waals surface area contributed by atoms with Gasteiger partial charge in [0.15, 0.2) is 0 Å². The van der Waals surface area contributed by atoms with E-state index in [1.54, 1.807) is 19.9 Å². The molecule has 0 spiro atoms. The molecule has 0 unspecified atom stereocenters. The topological polar surface area (TPSA) is 61.6 Å². The lowest BCUT2D eigenvalue weighted by Crippen LogP contribution is -2.22. The van der Waals surface area contributed by atoms with Crippen molar-refractivity contribution in [2.75, 3.05) is 13.2 Å². The number of rotatable bonds is 7. The molecule has 0 heterocycles. The summed E-state index contributed by atoms with van der Waals surface area (Å²) >= 11 is 0. The molecule has 4 nitrogen and oxygen atoms in total. The molecule has 0 aliphatic heterocycles. The van der Waals surface area contributed by atoms with Gasteiger partial charge >= 0.3 is 7.60 Å². The zero-order valence-corrected chi connectivity index (χ0v) is 9.13. The molecule has 0 aliphatic rings. The van der Waals surface area contributed by atoms with Gasteiger partial charge in [-0.1, -0.05) is 6.08 Å². The summed E-state index contributed by atoms with van der Waals surface area (Å²) in [5, 5.41) is 0. The van der Waals surface area contributed by atoms with Crippen molar-refractivity contribution in [3.63, 3.8) is 0 Å². The van der Waals surface area contributed by atoms with E-state index in [2.05, 4.69) is 6.58 Å². The molecule has 78 valence electrons. The summed E-state index contributed by atoms with van der Waals surface area (Å²) in [7, 11) is -3.12. The lowest BCUT2D eigenvalue weighted by atomic mass is 10.4. The van der Waals surface area contributed by atoms with Crippen molar-refractivity contribution in [3.8, 4) is 0 Å². The molecule has 0 aromatic carbocycles. The third-order valence-corrected chi connectivity index (χ3v) is 3.69. The Kier molecular flexibility index (Phi) is 6.25. The summed E-state index contributed by atoms with van der Waals surface area (Å²) in [5.41, 5.74) is 5.65. The SMILES string of the molecule is C=CC[C@H](N)P(=O)(OCC)OCC. The molecule has 0 aliphatic carbocycles. The van der Waals surface area contributed by atoms with Crippen molar-refractivity contribution in [3.05, 3.63) is 12.7 Å². The minimum absolute atomic E-state index is 0.335.